The average molecular weight is 489 g/mol. The predicted octanol–water partition coefficient (Wildman–Crippen LogP) is 1.90. The van der Waals surface area contributed by atoms with Crippen LogP contribution in [0, 0.1) is 12.8 Å². The zero-order valence-electron chi connectivity index (χ0n) is 19.5. The number of thioether (sulfide) groups is 1. The summed E-state index contributed by atoms with van der Waals surface area (Å²) in [6, 6.07) is 7.62. The summed E-state index contributed by atoms with van der Waals surface area (Å²) in [5.41, 5.74) is 6.57. The molecule has 2 heterocycles. The number of nitrogens with one attached hydrogen (secondary N) is 1. The molecule has 0 fully saturated rings. The molecule has 0 atom stereocenters. The molecule has 0 saturated heterocycles. The number of methoxy groups -OCH3 is 1. The van der Waals surface area contributed by atoms with Gasteiger partial charge in [-0.2, -0.15) is 0 Å². The number of amides is 1. The van der Waals surface area contributed by atoms with E-state index in [9.17, 15) is 14.4 Å². The highest BCUT2D eigenvalue weighted by atomic mass is 32.2. The van der Waals surface area contributed by atoms with Gasteiger partial charge in [0.05, 0.1) is 12.4 Å². The Hall–Kier alpha value is -3.38. The van der Waals surface area contributed by atoms with Crippen LogP contribution in [0.1, 0.15) is 19.4 Å². The summed E-state index contributed by atoms with van der Waals surface area (Å²) in [4.78, 5) is 41.5. The molecule has 0 spiro atoms. The van der Waals surface area contributed by atoms with E-state index < -0.39 is 17.2 Å². The summed E-state index contributed by atoms with van der Waals surface area (Å²) < 4.78 is 12.0. The van der Waals surface area contributed by atoms with Crippen LogP contribution >= 0.6 is 11.8 Å². The molecule has 0 bridgehead atoms. The molecule has 0 aliphatic rings. The van der Waals surface area contributed by atoms with E-state index in [1.165, 1.54) is 16.6 Å². The lowest BCUT2D eigenvalue weighted by atomic mass is 10.1. The SMILES string of the molecule is COCCN(C(=O)CSc1nnc(-c2cccc(C)c2)o1)c1c(N)n(CC(C)C)c(=O)[nH]c1=O. The Bertz CT molecular complexity index is 1270. The minimum Gasteiger partial charge on any atom is -0.411 e. The van der Waals surface area contributed by atoms with Crippen LogP contribution in [0.25, 0.3) is 11.5 Å². The normalized spacial score (nSPS) is 11.2. The number of nitrogens with zero attached hydrogens (tertiary/aromatic N) is 4. The molecule has 3 N–H and O–H groups in total. The number of H-pyrrole nitrogens is 1. The van der Waals surface area contributed by atoms with Crippen LogP contribution < -0.4 is 21.9 Å². The van der Waals surface area contributed by atoms with Gasteiger partial charge in [-0.15, -0.1) is 10.2 Å². The van der Waals surface area contributed by atoms with Crippen molar-refractivity contribution in [2.45, 2.75) is 32.5 Å². The second-order valence-corrected chi connectivity index (χ2v) is 8.99. The number of aromatic amines is 1. The molecule has 0 aliphatic carbocycles. The smallest absolute Gasteiger partial charge is 0.330 e. The fourth-order valence-electron chi connectivity index (χ4n) is 3.29. The van der Waals surface area contributed by atoms with Crippen LogP contribution in [0.4, 0.5) is 11.5 Å². The molecule has 11 nitrogen and oxygen atoms in total. The Morgan fingerprint density at radius 3 is 2.76 bits per heavy atom. The van der Waals surface area contributed by atoms with Crippen LogP contribution in [0.15, 0.2) is 43.5 Å². The second kappa shape index (κ2) is 11.2. The first kappa shape index (κ1) is 25.2. The van der Waals surface area contributed by atoms with E-state index in [1.807, 2.05) is 45.0 Å². The Balaban J connectivity index is 1.83. The molecule has 1 aromatic carbocycles. The quantitative estimate of drug-likeness (QED) is 0.408. The summed E-state index contributed by atoms with van der Waals surface area (Å²) >= 11 is 1.04. The van der Waals surface area contributed by atoms with E-state index in [-0.39, 0.29) is 41.6 Å². The van der Waals surface area contributed by atoms with E-state index in [4.69, 9.17) is 14.9 Å². The number of rotatable bonds is 10. The number of hydrogen-bond donors (Lipinski definition) is 2. The van der Waals surface area contributed by atoms with E-state index >= 15 is 0 Å². The van der Waals surface area contributed by atoms with Gasteiger partial charge in [-0.05, 0) is 25.0 Å². The van der Waals surface area contributed by atoms with Gasteiger partial charge in [0.25, 0.3) is 10.8 Å². The van der Waals surface area contributed by atoms with E-state index in [0.717, 1.165) is 22.9 Å². The molecule has 12 heteroatoms. The highest BCUT2D eigenvalue weighted by molar-refractivity contribution is 7.99. The van der Waals surface area contributed by atoms with Crippen LogP contribution in [-0.2, 0) is 16.1 Å². The van der Waals surface area contributed by atoms with Gasteiger partial charge in [-0.1, -0.05) is 43.3 Å². The maximum atomic E-state index is 13.1. The summed E-state index contributed by atoms with van der Waals surface area (Å²) in [5, 5.41) is 8.25. The van der Waals surface area contributed by atoms with Crippen molar-refractivity contribution in [2.24, 2.45) is 5.92 Å². The van der Waals surface area contributed by atoms with Crippen LogP contribution in [0.5, 0.6) is 0 Å². The first-order chi connectivity index (χ1) is 16.2. The molecular formula is C22H28N6O5S. The van der Waals surface area contributed by atoms with Gasteiger partial charge in [0.1, 0.15) is 5.82 Å². The van der Waals surface area contributed by atoms with Crippen molar-refractivity contribution in [2.75, 3.05) is 36.6 Å². The van der Waals surface area contributed by atoms with Crippen LogP contribution in [-0.4, -0.2) is 51.7 Å². The van der Waals surface area contributed by atoms with Crippen LogP contribution in [0.3, 0.4) is 0 Å². The zero-order valence-corrected chi connectivity index (χ0v) is 20.3. The third-order valence-electron chi connectivity index (χ3n) is 4.84. The number of benzene rings is 1. The number of ether oxygens (including phenoxy) is 1. The number of aromatic nitrogens is 4. The summed E-state index contributed by atoms with van der Waals surface area (Å²) in [7, 11) is 1.48. The Morgan fingerprint density at radius 2 is 2.09 bits per heavy atom. The van der Waals surface area contributed by atoms with Crippen molar-refractivity contribution in [3.05, 3.63) is 50.7 Å². The van der Waals surface area contributed by atoms with Crippen LogP contribution in [0.2, 0.25) is 0 Å². The lowest BCUT2D eigenvalue weighted by Crippen LogP contribution is -2.43. The molecule has 2 aromatic heterocycles. The molecule has 182 valence electrons. The van der Waals surface area contributed by atoms with Gasteiger partial charge in [-0.25, -0.2) is 4.79 Å². The first-order valence-corrected chi connectivity index (χ1v) is 11.6. The minimum atomic E-state index is -0.739. The topological polar surface area (TPSA) is 149 Å². The molecule has 0 unspecified atom stereocenters. The van der Waals surface area contributed by atoms with Gasteiger partial charge in [0.2, 0.25) is 11.8 Å². The van der Waals surface area contributed by atoms with E-state index in [2.05, 4.69) is 15.2 Å². The lowest BCUT2D eigenvalue weighted by Gasteiger charge is -2.24. The monoisotopic (exact) mass is 488 g/mol. The van der Waals surface area contributed by atoms with E-state index in [0.29, 0.717) is 12.4 Å². The molecule has 1 amide bonds. The van der Waals surface area contributed by atoms with Crippen molar-refractivity contribution >= 4 is 29.2 Å². The Kier molecular flexibility index (Phi) is 8.29. The van der Waals surface area contributed by atoms with E-state index in [1.54, 1.807) is 0 Å². The first-order valence-electron chi connectivity index (χ1n) is 10.7. The van der Waals surface area contributed by atoms with Crippen molar-refractivity contribution < 1.29 is 13.9 Å². The fourth-order valence-corrected chi connectivity index (χ4v) is 3.93. The third kappa shape index (κ3) is 5.94. The summed E-state index contributed by atoms with van der Waals surface area (Å²) in [6.07, 6.45) is 0. The highest BCUT2D eigenvalue weighted by Gasteiger charge is 2.25. The highest BCUT2D eigenvalue weighted by Crippen LogP contribution is 2.25. The van der Waals surface area contributed by atoms with Crippen molar-refractivity contribution in [3.8, 4) is 11.5 Å². The number of hydrogen-bond acceptors (Lipinski definition) is 9. The van der Waals surface area contributed by atoms with Gasteiger partial charge in [0, 0.05) is 25.8 Å². The zero-order chi connectivity index (χ0) is 24.8. The molecule has 0 saturated carbocycles. The van der Waals surface area contributed by atoms with Crippen molar-refractivity contribution in [3.63, 3.8) is 0 Å². The molecule has 0 radical (unpaired) electrons. The maximum absolute atomic E-state index is 13.1. The van der Waals surface area contributed by atoms with Gasteiger partial charge in [0.15, 0.2) is 5.69 Å². The fraction of sp³-hybridized carbons (Fsp3) is 0.409. The molecule has 3 rings (SSSR count). The predicted molar refractivity (Wildman–Crippen MR) is 130 cm³/mol. The second-order valence-electron chi connectivity index (χ2n) is 8.07. The van der Waals surface area contributed by atoms with Crippen molar-refractivity contribution in [1.82, 2.24) is 19.7 Å². The maximum Gasteiger partial charge on any atom is 0.330 e. The number of anilines is 2. The molecular weight excluding hydrogens is 460 g/mol. The molecule has 3 aromatic rings. The largest absolute Gasteiger partial charge is 0.411 e. The number of nitrogen functional groups attached to an aromatic ring is 1. The standard InChI is InChI=1S/C22H28N6O5S/c1-13(2)11-28-18(23)17(19(30)24-21(28)31)27(8-9-32-4)16(29)12-34-22-26-25-20(33-22)15-7-5-6-14(3)10-15/h5-7,10,13H,8-9,11-12,23H2,1-4H3,(H,24,30,31). The van der Waals surface area contributed by atoms with Gasteiger partial charge < -0.3 is 19.8 Å². The Morgan fingerprint density at radius 1 is 1.32 bits per heavy atom. The van der Waals surface area contributed by atoms with Gasteiger partial charge in [-0.3, -0.25) is 19.1 Å². The molecule has 34 heavy (non-hydrogen) atoms. The Labute approximate surface area is 200 Å². The lowest BCUT2D eigenvalue weighted by molar-refractivity contribution is -0.116. The third-order valence-corrected chi connectivity index (χ3v) is 5.65. The summed E-state index contributed by atoms with van der Waals surface area (Å²) in [5.74, 6) is -0.156. The number of aryl methyl sites for hydroxylation is 1. The molecule has 0 aliphatic heterocycles. The number of carbonyl (C=O) groups excluding carboxylic acids is 1. The summed E-state index contributed by atoms with van der Waals surface area (Å²) in [6.45, 7) is 6.31. The average Bonchev–Trinajstić information content (AvgIpc) is 3.26. The minimum absolute atomic E-state index is 0.0709. The van der Waals surface area contributed by atoms with Gasteiger partial charge >= 0.3 is 5.69 Å². The number of carbonyl (C=O) groups is 1. The van der Waals surface area contributed by atoms with Crippen molar-refractivity contribution in [1.29, 1.82) is 0 Å². The number of nitrogens with two attached hydrogens (primary N) is 1.